The summed E-state index contributed by atoms with van der Waals surface area (Å²) in [6.45, 7) is 9.66. The number of nitrogens with zero attached hydrogens (tertiary/aromatic N) is 1. The van der Waals surface area contributed by atoms with E-state index in [9.17, 15) is 9.90 Å². The quantitative estimate of drug-likeness (QED) is 0.408. The summed E-state index contributed by atoms with van der Waals surface area (Å²) in [5, 5.41) is 15.1. The zero-order valence-corrected chi connectivity index (χ0v) is 19.1. The molecule has 0 amide bonds. The number of ether oxygens (including phenoxy) is 1. The van der Waals surface area contributed by atoms with Crippen LogP contribution in [-0.4, -0.2) is 22.8 Å². The highest BCUT2D eigenvalue weighted by atomic mass is 16.5. The van der Waals surface area contributed by atoms with E-state index >= 15 is 0 Å². The van der Waals surface area contributed by atoms with Crippen molar-refractivity contribution in [2.24, 2.45) is 0 Å². The van der Waals surface area contributed by atoms with Gasteiger partial charge >= 0.3 is 0 Å². The molecule has 0 aliphatic rings. The van der Waals surface area contributed by atoms with E-state index in [0.717, 1.165) is 35.3 Å². The molecule has 31 heavy (non-hydrogen) atoms. The zero-order valence-electron chi connectivity index (χ0n) is 19.1. The minimum atomic E-state index is -0.314. The van der Waals surface area contributed by atoms with Crippen molar-refractivity contribution in [3.8, 4) is 11.5 Å². The number of benzene rings is 2. The molecule has 1 aromatic heterocycles. The number of anilines is 1. The van der Waals surface area contributed by atoms with Crippen LogP contribution in [0.5, 0.6) is 11.5 Å². The average molecular weight is 423 g/mol. The summed E-state index contributed by atoms with van der Waals surface area (Å²) in [7, 11) is 0. The highest BCUT2D eigenvalue weighted by Gasteiger charge is 2.20. The van der Waals surface area contributed by atoms with Gasteiger partial charge in [0.1, 0.15) is 0 Å². The Kier molecular flexibility index (Phi) is 7.61. The lowest BCUT2D eigenvalue weighted by atomic mass is 10.1. The average Bonchev–Trinajstić information content (AvgIpc) is 2.73. The predicted molar refractivity (Wildman–Crippen MR) is 129 cm³/mol. The highest BCUT2D eigenvalue weighted by Crippen LogP contribution is 2.37. The molecule has 5 heteroatoms. The molecule has 0 aliphatic carbocycles. The third kappa shape index (κ3) is 5.22. The van der Waals surface area contributed by atoms with Crippen LogP contribution in [0.25, 0.3) is 10.9 Å². The van der Waals surface area contributed by atoms with Gasteiger partial charge < -0.3 is 19.7 Å². The first-order valence-electron chi connectivity index (χ1n) is 11.3. The fourth-order valence-corrected chi connectivity index (χ4v) is 4.16. The SMILES string of the molecule is CCCCCCNc1cccc2c1c(O)c(OCC)c(=O)n2Cc1cc(C)cc(C)c1. The lowest BCUT2D eigenvalue weighted by Gasteiger charge is -2.18. The Morgan fingerprint density at radius 3 is 2.45 bits per heavy atom. The van der Waals surface area contributed by atoms with Crippen LogP contribution in [0.3, 0.4) is 0 Å². The summed E-state index contributed by atoms with van der Waals surface area (Å²) in [4.78, 5) is 13.3. The van der Waals surface area contributed by atoms with E-state index in [0.29, 0.717) is 24.1 Å². The van der Waals surface area contributed by atoms with Gasteiger partial charge in [-0.1, -0.05) is 61.6 Å². The number of aryl methyl sites for hydroxylation is 2. The van der Waals surface area contributed by atoms with Crippen LogP contribution in [0.2, 0.25) is 0 Å². The Bertz CT molecular complexity index is 1080. The second-order valence-electron chi connectivity index (χ2n) is 8.19. The van der Waals surface area contributed by atoms with Gasteiger partial charge in [-0.15, -0.1) is 0 Å². The van der Waals surface area contributed by atoms with E-state index in [1.165, 1.54) is 19.3 Å². The lowest BCUT2D eigenvalue weighted by Crippen LogP contribution is -2.23. The molecule has 0 bridgehead atoms. The maximum atomic E-state index is 13.3. The van der Waals surface area contributed by atoms with Crippen LogP contribution in [-0.2, 0) is 6.54 Å². The first-order valence-corrected chi connectivity index (χ1v) is 11.3. The molecule has 0 spiro atoms. The third-order valence-corrected chi connectivity index (χ3v) is 5.48. The van der Waals surface area contributed by atoms with Gasteiger partial charge in [-0.05, 0) is 44.9 Å². The van der Waals surface area contributed by atoms with Crippen LogP contribution in [0.15, 0.2) is 41.2 Å². The van der Waals surface area contributed by atoms with Crippen molar-refractivity contribution in [1.29, 1.82) is 0 Å². The Balaban J connectivity index is 2.10. The smallest absolute Gasteiger partial charge is 0.297 e. The summed E-state index contributed by atoms with van der Waals surface area (Å²) in [6, 6.07) is 12.1. The van der Waals surface area contributed by atoms with Gasteiger partial charge in [0, 0.05) is 12.2 Å². The second kappa shape index (κ2) is 10.4. The van der Waals surface area contributed by atoms with Crippen LogP contribution < -0.4 is 15.6 Å². The van der Waals surface area contributed by atoms with Gasteiger partial charge in [0.15, 0.2) is 5.75 Å². The summed E-state index contributed by atoms with van der Waals surface area (Å²) in [5.41, 5.74) is 4.57. The molecule has 0 unspecified atom stereocenters. The van der Waals surface area contributed by atoms with E-state index in [1.54, 1.807) is 4.57 Å². The molecule has 3 rings (SSSR count). The van der Waals surface area contributed by atoms with Crippen molar-refractivity contribution >= 4 is 16.6 Å². The van der Waals surface area contributed by atoms with E-state index < -0.39 is 0 Å². The number of hydrogen-bond donors (Lipinski definition) is 2. The van der Waals surface area contributed by atoms with Gasteiger partial charge in [-0.3, -0.25) is 4.79 Å². The Morgan fingerprint density at radius 2 is 1.77 bits per heavy atom. The van der Waals surface area contributed by atoms with E-state index in [4.69, 9.17) is 4.74 Å². The number of aromatic nitrogens is 1. The highest BCUT2D eigenvalue weighted by molar-refractivity contribution is 5.98. The monoisotopic (exact) mass is 422 g/mol. The van der Waals surface area contributed by atoms with Crippen LogP contribution in [0, 0.1) is 13.8 Å². The summed E-state index contributed by atoms with van der Waals surface area (Å²) in [5.74, 6) is -0.0743. The van der Waals surface area contributed by atoms with Crippen LogP contribution in [0.1, 0.15) is 56.2 Å². The Hall–Kier alpha value is -2.95. The standard InChI is InChI=1S/C26H34N2O3/c1-5-7-8-9-13-27-21-11-10-12-22-23(21)24(29)25(31-6-2)26(30)28(22)17-20-15-18(3)14-19(4)16-20/h10-12,14-16,27,29H,5-9,13,17H2,1-4H3. The molecular formula is C26H34N2O3. The maximum Gasteiger partial charge on any atom is 0.297 e. The Morgan fingerprint density at radius 1 is 1.03 bits per heavy atom. The fraction of sp³-hybridized carbons (Fsp3) is 0.423. The van der Waals surface area contributed by atoms with E-state index in [-0.39, 0.29) is 17.1 Å². The molecule has 0 aliphatic heterocycles. The normalized spacial score (nSPS) is 11.1. The van der Waals surface area contributed by atoms with E-state index in [1.807, 2.05) is 25.1 Å². The van der Waals surface area contributed by atoms with E-state index in [2.05, 4.69) is 44.3 Å². The molecule has 2 aromatic carbocycles. The Labute approximate surface area is 184 Å². The van der Waals surface area contributed by atoms with Crippen molar-refractivity contribution in [1.82, 2.24) is 4.57 Å². The number of hydrogen-bond acceptors (Lipinski definition) is 4. The first kappa shape index (κ1) is 22.7. The number of pyridine rings is 1. The van der Waals surface area contributed by atoms with Gasteiger partial charge in [0.05, 0.1) is 24.1 Å². The van der Waals surface area contributed by atoms with Crippen LogP contribution in [0.4, 0.5) is 5.69 Å². The fourth-order valence-electron chi connectivity index (χ4n) is 4.16. The van der Waals surface area contributed by atoms with Crippen molar-refractivity contribution in [2.75, 3.05) is 18.5 Å². The van der Waals surface area contributed by atoms with Crippen molar-refractivity contribution in [2.45, 2.75) is 59.9 Å². The molecule has 166 valence electrons. The second-order valence-corrected chi connectivity index (χ2v) is 8.19. The molecule has 0 saturated carbocycles. The molecule has 0 fully saturated rings. The molecule has 0 saturated heterocycles. The van der Waals surface area contributed by atoms with Crippen molar-refractivity contribution in [3.63, 3.8) is 0 Å². The zero-order chi connectivity index (χ0) is 22.4. The van der Waals surface area contributed by atoms with Gasteiger partial charge in [0.2, 0.25) is 5.75 Å². The summed E-state index contributed by atoms with van der Waals surface area (Å²) >= 11 is 0. The molecule has 5 nitrogen and oxygen atoms in total. The molecule has 0 radical (unpaired) electrons. The minimum Gasteiger partial charge on any atom is -0.504 e. The third-order valence-electron chi connectivity index (χ3n) is 5.48. The predicted octanol–water partition coefficient (Wildman–Crippen LogP) is 5.76. The topological polar surface area (TPSA) is 63.5 Å². The number of nitrogens with one attached hydrogen (secondary N) is 1. The maximum absolute atomic E-state index is 13.3. The van der Waals surface area contributed by atoms with Crippen molar-refractivity contribution < 1.29 is 9.84 Å². The lowest BCUT2D eigenvalue weighted by molar-refractivity contribution is 0.312. The summed E-state index contributed by atoms with van der Waals surface area (Å²) < 4.78 is 7.31. The number of rotatable bonds is 10. The van der Waals surface area contributed by atoms with Crippen LogP contribution >= 0.6 is 0 Å². The minimum absolute atomic E-state index is 0.0135. The van der Waals surface area contributed by atoms with Gasteiger partial charge in [-0.2, -0.15) is 0 Å². The number of fused-ring (bicyclic) bond motifs is 1. The number of aromatic hydroxyl groups is 1. The molecule has 2 N–H and O–H groups in total. The van der Waals surface area contributed by atoms with Gasteiger partial charge in [0.25, 0.3) is 5.56 Å². The van der Waals surface area contributed by atoms with Crippen molar-refractivity contribution in [3.05, 3.63) is 63.4 Å². The summed E-state index contributed by atoms with van der Waals surface area (Å²) in [6.07, 6.45) is 4.64. The molecule has 3 aromatic rings. The molecule has 1 heterocycles. The molecular weight excluding hydrogens is 388 g/mol. The number of unbranched alkanes of at least 4 members (excludes halogenated alkanes) is 3. The van der Waals surface area contributed by atoms with Gasteiger partial charge in [-0.25, -0.2) is 0 Å². The molecule has 0 atom stereocenters. The first-order chi connectivity index (χ1) is 15.0. The largest absolute Gasteiger partial charge is 0.504 e.